The van der Waals surface area contributed by atoms with Gasteiger partial charge in [0.2, 0.25) is 5.95 Å². The van der Waals surface area contributed by atoms with Gasteiger partial charge in [0.15, 0.2) is 5.16 Å². The molecule has 1 fully saturated rings. The summed E-state index contributed by atoms with van der Waals surface area (Å²) in [5.41, 5.74) is 5.55. The zero-order chi connectivity index (χ0) is 8.55. The topological polar surface area (TPSA) is 56.7 Å². The molecule has 1 aliphatic rings. The minimum atomic E-state index is 0.497. The third kappa shape index (κ3) is 1.29. The molecule has 1 aromatic heterocycles. The normalized spacial score (nSPS) is 17.8. The third-order valence-corrected chi connectivity index (χ3v) is 3.56. The molecule has 0 saturated heterocycles. The first-order valence-corrected chi connectivity index (χ1v) is 4.97. The number of nitrogens with two attached hydrogens (primary N) is 1. The van der Waals surface area contributed by atoms with Crippen molar-refractivity contribution in [3.8, 4) is 0 Å². The van der Waals surface area contributed by atoms with E-state index in [9.17, 15) is 0 Å². The molecule has 0 aromatic carbocycles. The van der Waals surface area contributed by atoms with Crippen molar-refractivity contribution in [1.82, 2.24) is 14.8 Å². The quantitative estimate of drug-likeness (QED) is 0.746. The fourth-order valence-electron chi connectivity index (χ4n) is 1.07. The molecule has 4 nitrogen and oxygen atoms in total. The molecular formula is C7H12N4S. The van der Waals surface area contributed by atoms with Crippen LogP contribution in [0.4, 0.5) is 5.95 Å². The summed E-state index contributed by atoms with van der Waals surface area (Å²) in [7, 11) is 1.90. The van der Waals surface area contributed by atoms with Crippen LogP contribution in [0.5, 0.6) is 0 Å². The van der Waals surface area contributed by atoms with Gasteiger partial charge in [-0.3, -0.25) is 4.57 Å². The zero-order valence-electron chi connectivity index (χ0n) is 7.03. The minimum Gasteiger partial charge on any atom is -0.368 e. The summed E-state index contributed by atoms with van der Waals surface area (Å²) in [5.74, 6) is 0.497. The fraction of sp³-hybridized carbons (Fsp3) is 0.714. The third-order valence-electron chi connectivity index (χ3n) is 2.19. The lowest BCUT2D eigenvalue weighted by atomic mass is 10.0. The van der Waals surface area contributed by atoms with Crippen LogP contribution in [0.1, 0.15) is 19.3 Å². The highest BCUT2D eigenvalue weighted by atomic mass is 32.2. The Kier molecular flexibility index (Phi) is 1.96. The Morgan fingerprint density at radius 1 is 1.50 bits per heavy atom. The monoisotopic (exact) mass is 184 g/mol. The van der Waals surface area contributed by atoms with E-state index in [-0.39, 0.29) is 0 Å². The smallest absolute Gasteiger partial charge is 0.222 e. The van der Waals surface area contributed by atoms with Gasteiger partial charge in [-0.2, -0.15) is 0 Å². The van der Waals surface area contributed by atoms with Gasteiger partial charge >= 0.3 is 0 Å². The highest BCUT2D eigenvalue weighted by molar-refractivity contribution is 7.99. The number of rotatable bonds is 2. The maximum atomic E-state index is 5.55. The number of hydrogen-bond acceptors (Lipinski definition) is 4. The van der Waals surface area contributed by atoms with Gasteiger partial charge in [0.1, 0.15) is 0 Å². The van der Waals surface area contributed by atoms with Crippen molar-refractivity contribution in [2.45, 2.75) is 29.7 Å². The van der Waals surface area contributed by atoms with Gasteiger partial charge in [0, 0.05) is 12.3 Å². The summed E-state index contributed by atoms with van der Waals surface area (Å²) in [6.45, 7) is 0. The Balaban J connectivity index is 2.06. The molecule has 0 atom stereocenters. The van der Waals surface area contributed by atoms with Crippen LogP contribution in [0, 0.1) is 0 Å². The predicted molar refractivity (Wildman–Crippen MR) is 48.9 cm³/mol. The number of thioether (sulfide) groups is 1. The maximum absolute atomic E-state index is 5.55. The molecule has 1 aliphatic carbocycles. The van der Waals surface area contributed by atoms with Crippen LogP contribution in [0.2, 0.25) is 0 Å². The van der Waals surface area contributed by atoms with Crippen LogP contribution in [0.3, 0.4) is 0 Å². The second-order valence-electron chi connectivity index (χ2n) is 3.07. The molecule has 1 heterocycles. The van der Waals surface area contributed by atoms with E-state index in [4.69, 9.17) is 5.73 Å². The van der Waals surface area contributed by atoms with Crippen LogP contribution in [0.15, 0.2) is 5.16 Å². The van der Waals surface area contributed by atoms with Crippen molar-refractivity contribution < 1.29 is 0 Å². The standard InChI is InChI=1S/C7H12N4S/c1-11-6(8)9-10-7(11)12-5-3-2-4-5/h5H,2-4H2,1H3,(H2,8,9). The Labute approximate surface area is 75.5 Å². The average molecular weight is 184 g/mol. The van der Waals surface area contributed by atoms with E-state index >= 15 is 0 Å². The van der Waals surface area contributed by atoms with Gasteiger partial charge < -0.3 is 5.73 Å². The molecule has 1 aromatic rings. The minimum absolute atomic E-state index is 0.497. The molecule has 0 radical (unpaired) electrons. The highest BCUT2D eigenvalue weighted by Crippen LogP contribution is 2.35. The summed E-state index contributed by atoms with van der Waals surface area (Å²) in [4.78, 5) is 0. The van der Waals surface area contributed by atoms with Crippen LogP contribution >= 0.6 is 11.8 Å². The summed E-state index contributed by atoms with van der Waals surface area (Å²) >= 11 is 1.79. The van der Waals surface area contributed by atoms with Gasteiger partial charge in [-0.25, -0.2) is 0 Å². The lowest BCUT2D eigenvalue weighted by molar-refractivity contribution is 0.520. The molecule has 0 amide bonds. The van der Waals surface area contributed by atoms with E-state index in [0.717, 1.165) is 10.4 Å². The summed E-state index contributed by atoms with van der Waals surface area (Å²) in [6, 6.07) is 0. The van der Waals surface area contributed by atoms with Gasteiger partial charge in [0.25, 0.3) is 0 Å². The second kappa shape index (κ2) is 2.97. The SMILES string of the molecule is Cn1c(N)nnc1SC1CCC1. The molecule has 2 rings (SSSR count). The lowest BCUT2D eigenvalue weighted by Crippen LogP contribution is -2.14. The Morgan fingerprint density at radius 3 is 2.67 bits per heavy atom. The molecule has 12 heavy (non-hydrogen) atoms. The van der Waals surface area contributed by atoms with Gasteiger partial charge in [0.05, 0.1) is 0 Å². The summed E-state index contributed by atoms with van der Waals surface area (Å²) in [6.07, 6.45) is 3.96. The average Bonchev–Trinajstić information content (AvgIpc) is 2.27. The molecule has 0 spiro atoms. The van der Waals surface area contributed by atoms with Crippen molar-refractivity contribution in [2.75, 3.05) is 5.73 Å². The van der Waals surface area contributed by atoms with Crippen molar-refractivity contribution >= 4 is 17.7 Å². The Morgan fingerprint density at radius 2 is 2.25 bits per heavy atom. The first-order chi connectivity index (χ1) is 5.77. The maximum Gasteiger partial charge on any atom is 0.222 e. The summed E-state index contributed by atoms with van der Waals surface area (Å²) in [5, 5.41) is 9.47. The molecule has 0 bridgehead atoms. The van der Waals surface area contributed by atoms with Gasteiger partial charge in [-0.05, 0) is 12.8 Å². The number of nitrogen functional groups attached to an aromatic ring is 1. The van der Waals surface area contributed by atoms with Crippen molar-refractivity contribution in [3.63, 3.8) is 0 Å². The lowest BCUT2D eigenvalue weighted by Gasteiger charge is -2.23. The van der Waals surface area contributed by atoms with Crippen LogP contribution < -0.4 is 5.73 Å². The molecule has 0 aliphatic heterocycles. The molecule has 0 unspecified atom stereocenters. The van der Waals surface area contributed by atoms with E-state index in [0.29, 0.717) is 5.95 Å². The largest absolute Gasteiger partial charge is 0.368 e. The molecule has 5 heteroatoms. The number of hydrogen-bond donors (Lipinski definition) is 1. The molecule has 66 valence electrons. The van der Waals surface area contributed by atoms with E-state index in [1.807, 2.05) is 11.6 Å². The molecule has 2 N–H and O–H groups in total. The van der Waals surface area contributed by atoms with Crippen LogP contribution in [-0.2, 0) is 7.05 Å². The van der Waals surface area contributed by atoms with E-state index in [1.54, 1.807) is 11.8 Å². The summed E-state index contributed by atoms with van der Waals surface area (Å²) < 4.78 is 1.84. The van der Waals surface area contributed by atoms with E-state index < -0.39 is 0 Å². The van der Waals surface area contributed by atoms with Crippen LogP contribution in [-0.4, -0.2) is 20.0 Å². The van der Waals surface area contributed by atoms with E-state index in [2.05, 4.69) is 10.2 Å². The number of aromatic nitrogens is 3. The zero-order valence-corrected chi connectivity index (χ0v) is 7.84. The first-order valence-electron chi connectivity index (χ1n) is 4.09. The highest BCUT2D eigenvalue weighted by Gasteiger charge is 2.21. The molecular weight excluding hydrogens is 172 g/mol. The van der Waals surface area contributed by atoms with E-state index in [1.165, 1.54) is 19.3 Å². The van der Waals surface area contributed by atoms with Crippen molar-refractivity contribution in [3.05, 3.63) is 0 Å². The Bertz CT molecular complexity index is 279. The second-order valence-corrected chi connectivity index (χ2v) is 4.34. The fourth-order valence-corrected chi connectivity index (χ4v) is 2.27. The van der Waals surface area contributed by atoms with Gasteiger partial charge in [-0.1, -0.05) is 18.2 Å². The van der Waals surface area contributed by atoms with Crippen molar-refractivity contribution in [2.24, 2.45) is 7.05 Å². The molecule has 1 saturated carbocycles. The predicted octanol–water partition coefficient (Wildman–Crippen LogP) is 1.04. The Hall–Kier alpha value is -0.710. The van der Waals surface area contributed by atoms with Gasteiger partial charge in [-0.15, -0.1) is 10.2 Å². The van der Waals surface area contributed by atoms with Crippen molar-refractivity contribution in [1.29, 1.82) is 0 Å². The first kappa shape index (κ1) is 7.91. The number of nitrogens with zero attached hydrogens (tertiary/aromatic N) is 3. The van der Waals surface area contributed by atoms with Crippen LogP contribution in [0.25, 0.3) is 0 Å². The number of anilines is 1.